The number of hydrogen-bond acceptors (Lipinski definition) is 14. The highest BCUT2D eigenvalue weighted by Gasteiger charge is 2.56. The van der Waals surface area contributed by atoms with Gasteiger partial charge >= 0.3 is 18.7 Å². The van der Waals surface area contributed by atoms with Crippen LogP contribution in [0.3, 0.4) is 0 Å². The number of nitrogens with zero attached hydrogens (tertiary/aromatic N) is 4. The molecule has 0 aromatic carbocycles. The average Bonchev–Trinajstić information content (AvgIpc) is 3.54. The molecule has 43 heavy (non-hydrogen) atoms. The highest BCUT2D eigenvalue weighted by molar-refractivity contribution is 8.56. The number of urea groups is 1. The number of rotatable bonds is 13. The van der Waals surface area contributed by atoms with E-state index in [0.29, 0.717) is 11.4 Å². The molecule has 0 aliphatic carbocycles. The number of ether oxygens (including phenoxy) is 3. The number of nitrogens with two attached hydrogens (primary N) is 1. The predicted molar refractivity (Wildman–Crippen MR) is 151 cm³/mol. The van der Waals surface area contributed by atoms with E-state index in [2.05, 4.69) is 30.7 Å². The van der Waals surface area contributed by atoms with E-state index in [9.17, 15) is 24.1 Å². The van der Waals surface area contributed by atoms with Crippen molar-refractivity contribution in [1.82, 2.24) is 35.2 Å². The highest BCUT2D eigenvalue weighted by atomic mass is 32.7. The van der Waals surface area contributed by atoms with E-state index in [-0.39, 0.29) is 35.4 Å². The maximum atomic E-state index is 16.0. The second-order valence-electron chi connectivity index (χ2n) is 10.2. The summed E-state index contributed by atoms with van der Waals surface area (Å²) in [4.78, 5) is 48.2. The molecule has 0 saturated carbocycles. The molecule has 2 saturated heterocycles. The zero-order valence-corrected chi connectivity index (χ0v) is 25.7. The van der Waals surface area contributed by atoms with Gasteiger partial charge in [-0.15, -0.1) is 0 Å². The van der Waals surface area contributed by atoms with Crippen LogP contribution in [0.15, 0.2) is 6.33 Å². The molecule has 20 heteroatoms. The third-order valence-electron chi connectivity index (χ3n) is 6.39. The number of imidazole rings is 1. The molecule has 2 aromatic heterocycles. The molecule has 2 aliphatic rings. The predicted octanol–water partition coefficient (Wildman–Crippen LogP) is 0.789. The van der Waals surface area contributed by atoms with Gasteiger partial charge in [-0.05, 0) is 34.6 Å². The lowest BCUT2D eigenvalue weighted by Gasteiger charge is -2.25. The Morgan fingerprint density at radius 2 is 2.09 bits per heavy atom. The number of fused-ring (bicyclic) bond motifs is 1. The summed E-state index contributed by atoms with van der Waals surface area (Å²) < 4.78 is 53.3. The van der Waals surface area contributed by atoms with Crippen LogP contribution in [0.5, 0.6) is 5.88 Å². The summed E-state index contributed by atoms with van der Waals surface area (Å²) in [6.45, 7) is 3.10. The van der Waals surface area contributed by atoms with E-state index in [0.717, 1.165) is 6.92 Å². The first-order chi connectivity index (χ1) is 20.1. The van der Waals surface area contributed by atoms with E-state index in [1.807, 2.05) is 0 Å². The van der Waals surface area contributed by atoms with Gasteiger partial charge in [0.1, 0.15) is 24.3 Å². The second kappa shape index (κ2) is 12.9. The summed E-state index contributed by atoms with van der Waals surface area (Å²) in [6, 6.07) is -2.86. The fourth-order valence-electron chi connectivity index (χ4n) is 4.32. The number of imide groups is 1. The molecule has 2 fully saturated rings. The van der Waals surface area contributed by atoms with Crippen molar-refractivity contribution in [3.63, 3.8) is 0 Å². The van der Waals surface area contributed by atoms with E-state index < -0.39 is 73.5 Å². The van der Waals surface area contributed by atoms with Gasteiger partial charge in [0.05, 0.1) is 25.6 Å². The molecule has 3 amide bonds. The highest BCUT2D eigenvalue weighted by Crippen LogP contribution is 2.57. The number of aliphatic hydroxyl groups is 1. The second-order valence-corrected chi connectivity index (χ2v) is 14.5. The van der Waals surface area contributed by atoms with Crippen LogP contribution in [0.25, 0.3) is 11.2 Å². The summed E-state index contributed by atoms with van der Waals surface area (Å²) >= 11 is 0.632. The van der Waals surface area contributed by atoms with Crippen molar-refractivity contribution in [1.29, 1.82) is 0 Å². The topological polar surface area (TPSA) is 231 Å². The maximum absolute atomic E-state index is 16.0. The quantitative estimate of drug-likeness (QED) is 0.115. The van der Waals surface area contributed by atoms with Crippen LogP contribution in [0.1, 0.15) is 40.8 Å². The van der Waals surface area contributed by atoms with Gasteiger partial charge in [-0.1, -0.05) is 11.4 Å². The van der Waals surface area contributed by atoms with Crippen LogP contribution >= 0.6 is 18.1 Å². The van der Waals surface area contributed by atoms with Gasteiger partial charge in [0.25, 0.3) is 5.91 Å². The van der Waals surface area contributed by atoms with Crippen LogP contribution in [0.2, 0.25) is 0 Å². The van der Waals surface area contributed by atoms with Crippen molar-refractivity contribution in [3.05, 3.63) is 6.33 Å². The largest absolute Gasteiger partial charge is 0.476 e. The number of carbonyl (C=O) groups excluding carboxylic acids is 3. The number of nitrogen functional groups attached to an aromatic ring is 1. The van der Waals surface area contributed by atoms with Gasteiger partial charge in [0, 0.05) is 5.75 Å². The number of nitrogens with one attached hydrogen (secondary N) is 3. The number of aromatic nitrogens is 4. The van der Waals surface area contributed by atoms with Crippen LogP contribution in [0.4, 0.5) is 15.1 Å². The number of halogens is 1. The Kier molecular flexibility index (Phi) is 9.82. The maximum Gasteiger partial charge on any atom is 0.327 e. The van der Waals surface area contributed by atoms with Gasteiger partial charge in [0.2, 0.25) is 11.8 Å². The summed E-state index contributed by atoms with van der Waals surface area (Å²) in [7, 11) is 0. The van der Waals surface area contributed by atoms with Gasteiger partial charge in [-0.3, -0.25) is 24.0 Å². The van der Waals surface area contributed by atoms with Crippen molar-refractivity contribution >= 4 is 53.1 Å². The Labute approximate surface area is 249 Å². The Bertz CT molecular complexity index is 1430. The summed E-state index contributed by atoms with van der Waals surface area (Å²) in [5, 5.41) is 17.9. The zero-order valence-electron chi connectivity index (χ0n) is 24.0. The molecule has 4 rings (SSSR count). The van der Waals surface area contributed by atoms with Gasteiger partial charge < -0.3 is 34.9 Å². The molecule has 1 unspecified atom stereocenters. The molecule has 17 nitrogen and oxygen atoms in total. The van der Waals surface area contributed by atoms with Gasteiger partial charge in [0.15, 0.2) is 23.1 Å². The fourth-order valence-corrected chi connectivity index (χ4v) is 8.19. The van der Waals surface area contributed by atoms with Crippen LogP contribution in [-0.4, -0.2) is 97.6 Å². The van der Waals surface area contributed by atoms with Crippen molar-refractivity contribution < 1.29 is 47.2 Å². The summed E-state index contributed by atoms with van der Waals surface area (Å²) in [5.41, 5.74) is 3.68. The Balaban J connectivity index is 1.53. The Morgan fingerprint density at radius 3 is 2.72 bits per heavy atom. The van der Waals surface area contributed by atoms with E-state index in [1.54, 1.807) is 20.8 Å². The minimum atomic E-state index is -4.08. The van der Waals surface area contributed by atoms with Gasteiger partial charge in [-0.25, -0.2) is 19.3 Å². The van der Waals surface area contributed by atoms with Crippen molar-refractivity contribution in [3.8, 4) is 5.88 Å². The normalized spacial score (nSPS) is 27.6. The fraction of sp³-hybridized carbons (Fsp3) is 0.652. The molecule has 0 bridgehead atoms. The first-order valence-corrected chi connectivity index (χ1v) is 16.5. The lowest BCUT2D eigenvalue weighted by atomic mass is 9.98. The number of hydrogen-bond donors (Lipinski definition) is 5. The minimum Gasteiger partial charge on any atom is -0.476 e. The molecular weight excluding hydrogens is 614 g/mol. The number of aliphatic hydroxyl groups excluding tert-OH is 1. The third-order valence-corrected chi connectivity index (χ3v) is 10.5. The molecular formula is C23H34FN8O9PS. The van der Waals surface area contributed by atoms with Crippen molar-refractivity contribution in [2.24, 2.45) is 0 Å². The monoisotopic (exact) mass is 648 g/mol. The lowest BCUT2D eigenvalue weighted by molar-refractivity contribution is -0.149. The molecule has 4 heterocycles. The molecule has 238 valence electrons. The number of esters is 1. The van der Waals surface area contributed by atoms with Crippen molar-refractivity contribution in [2.45, 2.75) is 76.9 Å². The molecule has 2 aromatic rings. The zero-order chi connectivity index (χ0) is 31.7. The first-order valence-electron chi connectivity index (χ1n) is 13.3. The van der Waals surface area contributed by atoms with E-state index >= 15 is 4.39 Å². The van der Waals surface area contributed by atoms with E-state index in [4.69, 9.17) is 24.5 Å². The van der Waals surface area contributed by atoms with Crippen LogP contribution in [0, 0.1) is 0 Å². The summed E-state index contributed by atoms with van der Waals surface area (Å²) in [5.74, 6) is -1.62. The summed E-state index contributed by atoms with van der Waals surface area (Å²) in [6.07, 6.45) is -3.81. The Morgan fingerprint density at radius 1 is 1.37 bits per heavy atom. The molecule has 7 atom stereocenters. The standard InChI is InChI=1S/C23H34FN8O9PS/c1-6-38-18-14-16(28-21(25)30-18)32(9-26-14)20-23(5,24)15(33)13(41-20)7-39-42(37,31-11(4)19(35)40-10(2)3)43-8-12-17(34)29-22(36)27-12/h9-13,15,20,33H,6-8H2,1-5H3,(H,31,37)(H2,25,28,30)(H2,27,29,34,36)/t11-,12?,13-,15-,20-,23-,42+/m1/s1. The molecule has 6 N–H and O–H groups in total. The average molecular weight is 649 g/mol. The SMILES string of the molecule is CCOc1nc(N)nc2c1ncn2[C@@H]1O[C@H](CO[P@@](=O)(N[C@H](C)C(=O)OC(C)C)SCC2NC(=O)NC2=O)[C@@H](O)[C@@]1(C)F. The molecule has 2 aliphatic heterocycles. The van der Waals surface area contributed by atoms with E-state index in [1.165, 1.54) is 17.8 Å². The number of anilines is 1. The number of alkyl halides is 1. The van der Waals surface area contributed by atoms with Crippen LogP contribution < -0.4 is 26.2 Å². The van der Waals surface area contributed by atoms with Crippen LogP contribution in [-0.2, 0) is 28.2 Å². The lowest BCUT2D eigenvalue weighted by Crippen LogP contribution is -2.41. The minimum absolute atomic E-state index is 0.0871. The molecule has 0 spiro atoms. The third kappa shape index (κ3) is 7.18. The van der Waals surface area contributed by atoms with Crippen molar-refractivity contribution in [2.75, 3.05) is 24.7 Å². The first kappa shape index (κ1) is 32.8. The Hall–Kier alpha value is -3.09. The molecule has 0 radical (unpaired) electrons. The number of carbonyl (C=O) groups is 3. The van der Waals surface area contributed by atoms with Gasteiger partial charge in [-0.2, -0.15) is 9.97 Å². The smallest absolute Gasteiger partial charge is 0.327 e. The number of amides is 3.